The van der Waals surface area contributed by atoms with Crippen LogP contribution in [0.4, 0.5) is 4.39 Å². The van der Waals surface area contributed by atoms with Gasteiger partial charge in [0.25, 0.3) is 5.91 Å². The fourth-order valence-corrected chi connectivity index (χ4v) is 5.85. The number of aliphatic hydroxyl groups excluding tert-OH is 1. The number of fused-ring (bicyclic) bond motifs is 1. The summed E-state index contributed by atoms with van der Waals surface area (Å²) in [7, 11) is 0. The number of carbonyl (C=O) groups is 1. The second-order valence-electron chi connectivity index (χ2n) is 11.0. The smallest absolute Gasteiger partial charge is 0.254 e. The molecule has 3 atom stereocenters. The molecule has 0 radical (unpaired) electrons. The minimum absolute atomic E-state index is 0.223. The lowest BCUT2D eigenvalue weighted by Gasteiger charge is -2.32. The van der Waals surface area contributed by atoms with Crippen LogP contribution >= 0.6 is 11.6 Å². The van der Waals surface area contributed by atoms with Crippen LogP contribution < -0.4 is 10.1 Å². The minimum atomic E-state index is -0.957. The number of likely N-dealkylation sites (tertiary alicyclic amines) is 1. The molecule has 2 fully saturated rings. The van der Waals surface area contributed by atoms with E-state index in [-0.39, 0.29) is 17.8 Å². The monoisotopic (exact) mass is 564 g/mol. The fraction of sp³-hybridized carbons (Fsp3) is 0.406. The van der Waals surface area contributed by atoms with Crippen LogP contribution in [-0.4, -0.2) is 54.3 Å². The molecule has 3 aromatic rings. The Bertz CT molecular complexity index is 1360. The van der Waals surface area contributed by atoms with Gasteiger partial charge in [-0.1, -0.05) is 48.0 Å². The Kier molecular flexibility index (Phi) is 8.08. The topological polar surface area (TPSA) is 71.0 Å². The average Bonchev–Trinajstić information content (AvgIpc) is 3.64. The molecule has 0 aromatic heterocycles. The average molecular weight is 565 g/mol. The molecule has 2 heterocycles. The molecule has 210 valence electrons. The minimum Gasteiger partial charge on any atom is -0.489 e. The highest BCUT2D eigenvalue weighted by atomic mass is 35.5. The zero-order chi connectivity index (χ0) is 27.6. The third kappa shape index (κ3) is 6.18. The van der Waals surface area contributed by atoms with Crippen LogP contribution in [-0.2, 0) is 16.0 Å². The first kappa shape index (κ1) is 27.2. The quantitative estimate of drug-likeness (QED) is 0.353. The van der Waals surface area contributed by atoms with Gasteiger partial charge in [-0.3, -0.25) is 4.79 Å². The zero-order valence-corrected chi connectivity index (χ0v) is 23.1. The summed E-state index contributed by atoms with van der Waals surface area (Å²) in [6.45, 7) is 2.80. The third-order valence-electron chi connectivity index (χ3n) is 7.97. The standard InChI is InChI=1S/C32H34ClFN2O4/c33-27-18-23(6-12-29(27)40-25-9-10-25)30(37)28(19-36-14-1-2-15-36)35-32(38)31-26-11-5-21(17-22(26)13-16-39-31)20-3-7-24(34)8-4-20/h3-8,11-12,17-18,25,28,30-31,37H,1-2,9-10,13-16,19H2,(H,35,38)/t28-,30-,31?/m1/s1. The molecule has 1 unspecified atom stereocenters. The molecule has 1 saturated carbocycles. The normalized spacial score (nSPS) is 20.5. The molecule has 1 amide bonds. The molecule has 3 aliphatic rings. The number of rotatable bonds is 9. The molecule has 8 heteroatoms. The van der Waals surface area contributed by atoms with Gasteiger partial charge in [0, 0.05) is 6.54 Å². The summed E-state index contributed by atoms with van der Waals surface area (Å²) >= 11 is 6.50. The molecular weight excluding hydrogens is 531 g/mol. The van der Waals surface area contributed by atoms with Crippen molar-refractivity contribution in [3.8, 4) is 16.9 Å². The van der Waals surface area contributed by atoms with Gasteiger partial charge in [0.15, 0.2) is 6.10 Å². The van der Waals surface area contributed by atoms with Gasteiger partial charge in [-0.05, 0) is 97.3 Å². The molecule has 6 rings (SSSR count). The van der Waals surface area contributed by atoms with Gasteiger partial charge >= 0.3 is 0 Å². The molecule has 3 aromatic carbocycles. The van der Waals surface area contributed by atoms with E-state index in [1.165, 1.54) is 12.1 Å². The van der Waals surface area contributed by atoms with Crippen molar-refractivity contribution in [2.24, 2.45) is 0 Å². The maximum absolute atomic E-state index is 13.7. The summed E-state index contributed by atoms with van der Waals surface area (Å²) in [5.74, 6) is 0.0632. The van der Waals surface area contributed by atoms with Gasteiger partial charge in [-0.15, -0.1) is 0 Å². The highest BCUT2D eigenvalue weighted by molar-refractivity contribution is 6.32. The zero-order valence-electron chi connectivity index (χ0n) is 22.3. The summed E-state index contributed by atoms with van der Waals surface area (Å²) in [5, 5.41) is 15.0. The first-order chi connectivity index (χ1) is 19.4. The summed E-state index contributed by atoms with van der Waals surface area (Å²) in [5.41, 5.74) is 4.36. The maximum Gasteiger partial charge on any atom is 0.254 e. The van der Waals surface area contributed by atoms with Crippen LogP contribution in [0.15, 0.2) is 60.7 Å². The number of aliphatic hydroxyl groups is 1. The Morgan fingerprint density at radius 3 is 2.55 bits per heavy atom. The van der Waals surface area contributed by atoms with E-state index in [4.69, 9.17) is 21.1 Å². The Labute approximate surface area is 239 Å². The van der Waals surface area contributed by atoms with Crippen LogP contribution in [0.1, 0.15) is 54.6 Å². The number of amides is 1. The molecule has 6 nitrogen and oxygen atoms in total. The Morgan fingerprint density at radius 1 is 1.07 bits per heavy atom. The van der Waals surface area contributed by atoms with Crippen LogP contribution in [0.3, 0.4) is 0 Å². The van der Waals surface area contributed by atoms with Crippen molar-refractivity contribution in [1.82, 2.24) is 10.2 Å². The number of hydrogen-bond donors (Lipinski definition) is 2. The number of carbonyl (C=O) groups excluding carboxylic acids is 1. The fourth-order valence-electron chi connectivity index (χ4n) is 5.61. The lowest BCUT2D eigenvalue weighted by atomic mass is 9.92. The Morgan fingerprint density at radius 2 is 1.82 bits per heavy atom. The Balaban J connectivity index is 1.21. The molecule has 1 aliphatic carbocycles. The van der Waals surface area contributed by atoms with Crippen LogP contribution in [0, 0.1) is 5.82 Å². The summed E-state index contributed by atoms with van der Waals surface area (Å²) in [4.78, 5) is 15.9. The number of hydrogen-bond acceptors (Lipinski definition) is 5. The summed E-state index contributed by atoms with van der Waals surface area (Å²) in [6.07, 6.45) is 3.44. The SMILES string of the molecule is O=C(N[C@H](CN1CCCC1)[C@H](O)c1ccc(OC2CC2)c(Cl)c1)C1OCCc2cc(-c3ccc(F)cc3)ccc21. The summed E-state index contributed by atoms with van der Waals surface area (Å²) < 4.78 is 25.2. The van der Waals surface area contributed by atoms with Crippen molar-refractivity contribution >= 4 is 17.5 Å². The second kappa shape index (κ2) is 11.9. The van der Waals surface area contributed by atoms with E-state index in [9.17, 15) is 14.3 Å². The number of benzene rings is 3. The molecule has 2 N–H and O–H groups in total. The lowest BCUT2D eigenvalue weighted by Crippen LogP contribution is -2.48. The second-order valence-corrected chi connectivity index (χ2v) is 11.4. The molecule has 0 bridgehead atoms. The molecule has 1 saturated heterocycles. The molecule has 0 spiro atoms. The van der Waals surface area contributed by atoms with Crippen molar-refractivity contribution in [1.29, 1.82) is 0 Å². The van der Waals surface area contributed by atoms with Crippen molar-refractivity contribution in [3.63, 3.8) is 0 Å². The van der Waals surface area contributed by atoms with Crippen LogP contribution in [0.25, 0.3) is 11.1 Å². The third-order valence-corrected chi connectivity index (χ3v) is 8.27. The first-order valence-electron chi connectivity index (χ1n) is 14.1. The van der Waals surface area contributed by atoms with Gasteiger partial charge < -0.3 is 24.8 Å². The van der Waals surface area contributed by atoms with Crippen LogP contribution in [0.2, 0.25) is 5.02 Å². The largest absolute Gasteiger partial charge is 0.489 e. The lowest BCUT2D eigenvalue weighted by molar-refractivity contribution is -0.136. The van der Waals surface area contributed by atoms with Gasteiger partial charge in [-0.2, -0.15) is 0 Å². The van der Waals surface area contributed by atoms with Crippen molar-refractivity contribution < 1.29 is 23.8 Å². The maximum atomic E-state index is 13.7. The van der Waals surface area contributed by atoms with E-state index < -0.39 is 18.2 Å². The van der Waals surface area contributed by atoms with Gasteiger partial charge in [0.1, 0.15) is 17.7 Å². The van der Waals surface area contributed by atoms with Gasteiger partial charge in [0.2, 0.25) is 0 Å². The first-order valence-corrected chi connectivity index (χ1v) is 14.5. The van der Waals surface area contributed by atoms with Crippen molar-refractivity contribution in [2.45, 2.75) is 56.5 Å². The van der Waals surface area contributed by atoms with E-state index in [0.717, 1.165) is 61.0 Å². The number of nitrogens with one attached hydrogen (secondary N) is 1. The van der Waals surface area contributed by atoms with Gasteiger partial charge in [0.05, 0.1) is 23.8 Å². The van der Waals surface area contributed by atoms with E-state index in [1.54, 1.807) is 24.3 Å². The molecule has 2 aliphatic heterocycles. The predicted octanol–water partition coefficient (Wildman–Crippen LogP) is 5.62. The summed E-state index contributed by atoms with van der Waals surface area (Å²) in [6, 6.07) is 17.1. The Hall–Kier alpha value is -2.97. The number of ether oxygens (including phenoxy) is 2. The highest BCUT2D eigenvalue weighted by Crippen LogP contribution is 2.35. The van der Waals surface area contributed by atoms with Gasteiger partial charge in [-0.25, -0.2) is 4.39 Å². The van der Waals surface area contributed by atoms with Crippen molar-refractivity contribution in [2.75, 3.05) is 26.2 Å². The highest BCUT2D eigenvalue weighted by Gasteiger charge is 2.33. The van der Waals surface area contributed by atoms with E-state index >= 15 is 0 Å². The van der Waals surface area contributed by atoms with E-state index in [2.05, 4.69) is 16.3 Å². The van der Waals surface area contributed by atoms with Crippen LogP contribution in [0.5, 0.6) is 5.75 Å². The number of nitrogens with zero attached hydrogens (tertiary/aromatic N) is 1. The van der Waals surface area contributed by atoms with E-state index in [1.807, 2.05) is 18.2 Å². The predicted molar refractivity (Wildman–Crippen MR) is 152 cm³/mol. The number of halogens is 2. The molecule has 40 heavy (non-hydrogen) atoms. The molecular formula is C32H34ClFN2O4. The van der Waals surface area contributed by atoms with E-state index in [0.29, 0.717) is 35.9 Å². The van der Waals surface area contributed by atoms with Crippen molar-refractivity contribution in [3.05, 3.63) is 88.2 Å².